The lowest BCUT2D eigenvalue weighted by atomic mass is 10.2. The number of nitrogens with zero attached hydrogens (tertiary/aromatic N) is 5. The summed E-state index contributed by atoms with van der Waals surface area (Å²) in [6.07, 6.45) is 4.59. The Morgan fingerprint density at radius 1 is 1.25 bits per heavy atom. The Morgan fingerprint density at radius 2 is 2.10 bits per heavy atom. The zero-order chi connectivity index (χ0) is 14.1. The minimum absolute atomic E-state index is 0.206. The molecule has 20 heavy (non-hydrogen) atoms. The molecule has 0 fully saturated rings. The first-order valence-corrected chi connectivity index (χ1v) is 5.95. The van der Waals surface area contributed by atoms with Crippen LogP contribution in [0.5, 0.6) is 0 Å². The Labute approximate surface area is 114 Å². The van der Waals surface area contributed by atoms with Crippen molar-refractivity contribution in [3.63, 3.8) is 0 Å². The topological polar surface area (TPSA) is 91.6 Å². The van der Waals surface area contributed by atoms with E-state index in [-0.39, 0.29) is 11.4 Å². The predicted octanol–water partition coefficient (Wildman–Crippen LogP) is 0.610. The third kappa shape index (κ3) is 2.05. The zero-order valence-electron chi connectivity index (χ0n) is 10.8. The fourth-order valence-electron chi connectivity index (χ4n) is 1.82. The lowest BCUT2D eigenvalue weighted by Gasteiger charge is -2.00. The van der Waals surface area contributed by atoms with E-state index in [9.17, 15) is 4.79 Å². The van der Waals surface area contributed by atoms with Gasteiger partial charge in [-0.3, -0.25) is 4.79 Å². The molecule has 100 valence electrons. The number of nitrogen functional groups attached to an aromatic ring is 1. The van der Waals surface area contributed by atoms with Crippen LogP contribution < -0.4 is 11.3 Å². The van der Waals surface area contributed by atoms with Gasteiger partial charge >= 0.3 is 0 Å². The van der Waals surface area contributed by atoms with Gasteiger partial charge in [-0.05, 0) is 12.1 Å². The summed E-state index contributed by atoms with van der Waals surface area (Å²) in [5.74, 6) is 0.697. The van der Waals surface area contributed by atoms with Gasteiger partial charge in [-0.25, -0.2) is 9.97 Å². The summed E-state index contributed by atoms with van der Waals surface area (Å²) in [5, 5.41) is 4.27. The van der Waals surface area contributed by atoms with Gasteiger partial charge in [-0.2, -0.15) is 4.68 Å². The summed E-state index contributed by atoms with van der Waals surface area (Å²) in [7, 11) is 1.66. The van der Waals surface area contributed by atoms with E-state index < -0.39 is 0 Å². The molecule has 0 unspecified atom stereocenters. The van der Waals surface area contributed by atoms with E-state index in [1.807, 2.05) is 12.1 Å². The van der Waals surface area contributed by atoms with Gasteiger partial charge in [0.05, 0.1) is 0 Å². The molecule has 7 heteroatoms. The quantitative estimate of drug-likeness (QED) is 0.687. The molecule has 3 aromatic rings. The van der Waals surface area contributed by atoms with Crippen molar-refractivity contribution in [3.8, 4) is 17.2 Å². The number of aryl methyl sites for hydroxylation is 1. The molecule has 0 spiro atoms. The summed E-state index contributed by atoms with van der Waals surface area (Å²) in [4.78, 5) is 20.2. The van der Waals surface area contributed by atoms with Crippen molar-refractivity contribution in [2.24, 2.45) is 7.05 Å². The normalized spacial score (nSPS) is 10.7. The maximum absolute atomic E-state index is 12.0. The second kappa shape index (κ2) is 4.61. The van der Waals surface area contributed by atoms with Crippen LogP contribution in [0.25, 0.3) is 17.2 Å². The lowest BCUT2D eigenvalue weighted by Crippen LogP contribution is -2.23. The molecule has 2 aromatic heterocycles. The highest BCUT2D eigenvalue weighted by Gasteiger charge is 2.10. The third-order valence-electron chi connectivity index (χ3n) is 2.85. The van der Waals surface area contributed by atoms with Crippen molar-refractivity contribution in [2.75, 3.05) is 5.73 Å². The maximum Gasteiger partial charge on any atom is 0.295 e. The summed E-state index contributed by atoms with van der Waals surface area (Å²) < 4.78 is 2.80. The van der Waals surface area contributed by atoms with Crippen molar-refractivity contribution >= 4 is 5.69 Å². The minimum atomic E-state index is -0.239. The molecule has 0 radical (unpaired) electrons. The van der Waals surface area contributed by atoms with Gasteiger partial charge in [-0.15, -0.1) is 5.10 Å². The van der Waals surface area contributed by atoms with E-state index in [0.29, 0.717) is 11.5 Å². The van der Waals surface area contributed by atoms with Gasteiger partial charge in [0.15, 0.2) is 5.82 Å². The molecule has 0 atom stereocenters. The summed E-state index contributed by atoms with van der Waals surface area (Å²) in [6, 6.07) is 7.24. The van der Waals surface area contributed by atoms with Crippen LogP contribution in [0.2, 0.25) is 0 Å². The van der Waals surface area contributed by atoms with Gasteiger partial charge in [0.1, 0.15) is 6.33 Å². The van der Waals surface area contributed by atoms with Crippen LogP contribution in [0.15, 0.2) is 47.8 Å². The van der Waals surface area contributed by atoms with Crippen LogP contribution in [0.1, 0.15) is 0 Å². The zero-order valence-corrected chi connectivity index (χ0v) is 10.8. The Bertz CT molecular complexity index is 819. The highest BCUT2D eigenvalue weighted by Crippen LogP contribution is 2.17. The first-order chi connectivity index (χ1) is 9.65. The molecule has 2 N–H and O–H groups in total. The summed E-state index contributed by atoms with van der Waals surface area (Å²) in [5.41, 5.74) is 6.91. The van der Waals surface area contributed by atoms with Gasteiger partial charge in [-0.1, -0.05) is 12.1 Å². The average Bonchev–Trinajstić information content (AvgIpc) is 2.91. The molecule has 0 aliphatic carbocycles. The fourth-order valence-corrected chi connectivity index (χ4v) is 1.82. The maximum atomic E-state index is 12.0. The molecule has 7 nitrogen and oxygen atoms in total. The second-order valence-corrected chi connectivity index (χ2v) is 4.31. The number of hydrogen-bond donors (Lipinski definition) is 1. The monoisotopic (exact) mass is 268 g/mol. The Morgan fingerprint density at radius 3 is 2.90 bits per heavy atom. The predicted molar refractivity (Wildman–Crippen MR) is 74.2 cm³/mol. The molecule has 0 bridgehead atoms. The average molecular weight is 268 g/mol. The van der Waals surface area contributed by atoms with E-state index in [2.05, 4.69) is 15.1 Å². The Balaban J connectivity index is 2.07. The molecule has 3 rings (SSSR count). The molecule has 0 aliphatic rings. The molecule has 0 saturated carbocycles. The van der Waals surface area contributed by atoms with Crippen LogP contribution in [-0.2, 0) is 7.05 Å². The molecule has 0 saturated heterocycles. The van der Waals surface area contributed by atoms with Crippen molar-refractivity contribution in [2.45, 2.75) is 0 Å². The largest absolute Gasteiger partial charge is 0.399 e. The van der Waals surface area contributed by atoms with Crippen molar-refractivity contribution in [1.82, 2.24) is 24.3 Å². The first kappa shape index (κ1) is 12.1. The van der Waals surface area contributed by atoms with E-state index in [4.69, 9.17) is 5.73 Å². The Kier molecular flexibility index (Phi) is 2.79. The number of anilines is 1. The van der Waals surface area contributed by atoms with Gasteiger partial charge in [0, 0.05) is 30.7 Å². The van der Waals surface area contributed by atoms with Crippen LogP contribution in [0, 0.1) is 0 Å². The van der Waals surface area contributed by atoms with E-state index in [0.717, 1.165) is 5.56 Å². The van der Waals surface area contributed by atoms with Crippen LogP contribution in [0.3, 0.4) is 0 Å². The first-order valence-electron chi connectivity index (χ1n) is 5.95. The molecule has 2 heterocycles. The summed E-state index contributed by atoms with van der Waals surface area (Å²) in [6.45, 7) is 0. The van der Waals surface area contributed by atoms with Crippen molar-refractivity contribution in [1.29, 1.82) is 0 Å². The van der Waals surface area contributed by atoms with E-state index >= 15 is 0 Å². The van der Waals surface area contributed by atoms with Crippen molar-refractivity contribution in [3.05, 3.63) is 53.3 Å². The summed E-state index contributed by atoms with van der Waals surface area (Å²) >= 11 is 0. The highest BCUT2D eigenvalue weighted by atomic mass is 16.1. The van der Waals surface area contributed by atoms with E-state index in [1.165, 1.54) is 15.6 Å². The fraction of sp³-hybridized carbons (Fsp3) is 0.0769. The van der Waals surface area contributed by atoms with Crippen molar-refractivity contribution < 1.29 is 0 Å². The number of nitrogens with two attached hydrogens (primary N) is 1. The van der Waals surface area contributed by atoms with Gasteiger partial charge in [0.25, 0.3) is 5.56 Å². The van der Waals surface area contributed by atoms with E-state index in [1.54, 1.807) is 31.6 Å². The number of rotatable bonds is 2. The highest BCUT2D eigenvalue weighted by molar-refractivity contribution is 5.60. The number of aromatic nitrogens is 5. The SMILES string of the molecule is Cn1ccnc(-n2cnc(-c3cccc(N)c3)n2)c1=O. The molecule has 0 aliphatic heterocycles. The number of hydrogen-bond acceptors (Lipinski definition) is 5. The molecule has 1 aromatic carbocycles. The Hall–Kier alpha value is -2.96. The molecule has 0 amide bonds. The third-order valence-corrected chi connectivity index (χ3v) is 2.85. The van der Waals surface area contributed by atoms with Gasteiger partial charge in [0.2, 0.25) is 5.82 Å². The van der Waals surface area contributed by atoms with Crippen LogP contribution >= 0.6 is 0 Å². The van der Waals surface area contributed by atoms with Crippen LogP contribution in [0.4, 0.5) is 5.69 Å². The second-order valence-electron chi connectivity index (χ2n) is 4.31. The molecular weight excluding hydrogens is 256 g/mol. The lowest BCUT2D eigenvalue weighted by molar-refractivity contribution is 0.766. The number of benzene rings is 1. The smallest absolute Gasteiger partial charge is 0.295 e. The molecular formula is C13H12N6O. The minimum Gasteiger partial charge on any atom is -0.399 e. The standard InChI is InChI=1S/C13H12N6O/c1-18-6-5-15-12(13(18)20)19-8-16-11(17-19)9-3-2-4-10(14)7-9/h2-8H,14H2,1H3. The van der Waals surface area contributed by atoms with Gasteiger partial charge < -0.3 is 10.3 Å². The van der Waals surface area contributed by atoms with Crippen LogP contribution in [-0.4, -0.2) is 24.3 Å².